The number of carbonyl (C=O) groups excluding carboxylic acids is 2. The van der Waals surface area contributed by atoms with Gasteiger partial charge < -0.3 is 19.7 Å². The van der Waals surface area contributed by atoms with Gasteiger partial charge in [-0.1, -0.05) is 30.3 Å². The van der Waals surface area contributed by atoms with E-state index in [1.54, 1.807) is 30.2 Å². The van der Waals surface area contributed by atoms with Crippen molar-refractivity contribution in [3.05, 3.63) is 54.1 Å². The summed E-state index contributed by atoms with van der Waals surface area (Å²) in [5.74, 6) is 0.577. The minimum absolute atomic E-state index is 0.00777. The maximum atomic E-state index is 12.6. The number of rotatable bonds is 6. The highest BCUT2D eigenvalue weighted by Gasteiger charge is 2.34. The summed E-state index contributed by atoms with van der Waals surface area (Å²) in [6.45, 7) is 0.928. The number of benzene rings is 2. The smallest absolute Gasteiger partial charge is 0.229 e. The van der Waals surface area contributed by atoms with Crippen molar-refractivity contribution in [1.29, 1.82) is 0 Å². The first-order chi connectivity index (χ1) is 12.6. The van der Waals surface area contributed by atoms with Crippen molar-refractivity contribution >= 4 is 17.5 Å². The number of hydrogen-bond acceptors (Lipinski definition) is 4. The first-order valence-electron chi connectivity index (χ1n) is 8.45. The lowest BCUT2D eigenvalue weighted by Gasteiger charge is -2.17. The van der Waals surface area contributed by atoms with Crippen LogP contribution in [0.5, 0.6) is 11.5 Å². The van der Waals surface area contributed by atoms with Crippen LogP contribution in [0.15, 0.2) is 48.5 Å². The van der Waals surface area contributed by atoms with E-state index in [4.69, 9.17) is 9.47 Å². The Bertz CT molecular complexity index is 792. The van der Waals surface area contributed by atoms with E-state index in [0.29, 0.717) is 30.3 Å². The molecule has 26 heavy (non-hydrogen) atoms. The number of amides is 2. The zero-order valence-corrected chi connectivity index (χ0v) is 14.9. The Kier molecular flexibility index (Phi) is 5.41. The third kappa shape index (κ3) is 3.96. The van der Waals surface area contributed by atoms with Crippen molar-refractivity contribution in [1.82, 2.24) is 4.90 Å². The van der Waals surface area contributed by atoms with E-state index in [9.17, 15) is 9.59 Å². The molecule has 0 aliphatic carbocycles. The fourth-order valence-corrected chi connectivity index (χ4v) is 3.05. The first kappa shape index (κ1) is 17.8. The van der Waals surface area contributed by atoms with Crippen LogP contribution in [0, 0.1) is 5.92 Å². The quantitative estimate of drug-likeness (QED) is 0.866. The lowest BCUT2D eigenvalue weighted by atomic mass is 10.1. The molecular weight excluding hydrogens is 332 g/mol. The average molecular weight is 354 g/mol. The highest BCUT2D eigenvalue weighted by molar-refractivity contribution is 5.98. The lowest BCUT2D eigenvalue weighted by molar-refractivity contribution is -0.128. The summed E-state index contributed by atoms with van der Waals surface area (Å²) in [5, 5.41) is 2.86. The summed E-state index contributed by atoms with van der Waals surface area (Å²) in [6.07, 6.45) is 0.213. The minimum atomic E-state index is -0.387. The number of carbonyl (C=O) groups is 2. The second-order valence-electron chi connectivity index (χ2n) is 6.22. The van der Waals surface area contributed by atoms with Gasteiger partial charge in [-0.2, -0.15) is 0 Å². The molecule has 1 saturated heterocycles. The van der Waals surface area contributed by atoms with Gasteiger partial charge in [0.2, 0.25) is 11.8 Å². The molecule has 1 aliphatic rings. The minimum Gasteiger partial charge on any atom is -0.497 e. The Labute approximate surface area is 152 Å². The molecule has 3 rings (SSSR count). The molecule has 1 heterocycles. The van der Waals surface area contributed by atoms with Crippen LogP contribution in [0.25, 0.3) is 0 Å². The Hall–Kier alpha value is -3.02. The molecule has 1 N–H and O–H groups in total. The van der Waals surface area contributed by atoms with Crippen LogP contribution in [0.2, 0.25) is 0 Å². The van der Waals surface area contributed by atoms with Crippen LogP contribution in [-0.2, 0) is 16.1 Å². The molecule has 6 heteroatoms. The van der Waals surface area contributed by atoms with Crippen LogP contribution in [0.1, 0.15) is 12.0 Å². The van der Waals surface area contributed by atoms with Gasteiger partial charge in [-0.15, -0.1) is 0 Å². The number of anilines is 1. The van der Waals surface area contributed by atoms with Crippen LogP contribution in [0.3, 0.4) is 0 Å². The molecule has 0 unspecified atom stereocenters. The van der Waals surface area contributed by atoms with E-state index in [1.807, 2.05) is 30.3 Å². The van der Waals surface area contributed by atoms with E-state index < -0.39 is 0 Å². The lowest BCUT2D eigenvalue weighted by Crippen LogP contribution is -2.28. The molecule has 2 amide bonds. The number of ether oxygens (including phenoxy) is 2. The molecule has 0 spiro atoms. The predicted octanol–water partition coefficient (Wildman–Crippen LogP) is 2.69. The Morgan fingerprint density at radius 2 is 1.92 bits per heavy atom. The van der Waals surface area contributed by atoms with Crippen LogP contribution >= 0.6 is 0 Å². The summed E-state index contributed by atoms with van der Waals surface area (Å²) in [7, 11) is 3.10. The Morgan fingerprint density at radius 1 is 1.15 bits per heavy atom. The molecule has 1 atom stereocenters. The molecule has 2 aromatic carbocycles. The highest BCUT2D eigenvalue weighted by atomic mass is 16.5. The molecule has 0 aromatic heterocycles. The molecule has 6 nitrogen and oxygen atoms in total. The molecule has 0 bridgehead atoms. The monoisotopic (exact) mass is 354 g/mol. The molecule has 0 radical (unpaired) electrons. The molecule has 2 aromatic rings. The fraction of sp³-hybridized carbons (Fsp3) is 0.300. The number of methoxy groups -OCH3 is 2. The molecule has 1 aliphatic heterocycles. The molecule has 136 valence electrons. The predicted molar refractivity (Wildman–Crippen MR) is 98.1 cm³/mol. The maximum Gasteiger partial charge on any atom is 0.229 e. The van der Waals surface area contributed by atoms with Crippen molar-refractivity contribution in [2.75, 3.05) is 26.1 Å². The number of nitrogens with one attached hydrogen (secondary N) is 1. The molecule has 0 saturated carbocycles. The highest BCUT2D eigenvalue weighted by Crippen LogP contribution is 2.30. The largest absolute Gasteiger partial charge is 0.497 e. The third-order valence-electron chi connectivity index (χ3n) is 4.47. The standard InChI is InChI=1S/C20H22N2O4/c1-25-16-8-9-18(26-2)17(11-16)21-20(24)15-10-19(23)22(13-15)12-14-6-4-3-5-7-14/h3-9,11,15H,10,12-13H2,1-2H3,(H,21,24)/t15-/m1/s1. The second-order valence-corrected chi connectivity index (χ2v) is 6.22. The van der Waals surface area contributed by atoms with Gasteiger partial charge in [0.1, 0.15) is 11.5 Å². The summed E-state index contributed by atoms with van der Waals surface area (Å²) in [4.78, 5) is 26.6. The van der Waals surface area contributed by atoms with Crippen molar-refractivity contribution in [3.63, 3.8) is 0 Å². The zero-order valence-electron chi connectivity index (χ0n) is 14.9. The SMILES string of the molecule is COc1ccc(OC)c(NC(=O)[C@@H]2CC(=O)N(Cc3ccccc3)C2)c1. The Morgan fingerprint density at radius 3 is 2.62 bits per heavy atom. The van der Waals surface area contributed by atoms with Crippen molar-refractivity contribution in [2.24, 2.45) is 5.92 Å². The molecular formula is C20H22N2O4. The van der Waals surface area contributed by atoms with Gasteiger partial charge in [-0.05, 0) is 17.7 Å². The van der Waals surface area contributed by atoms with Crippen LogP contribution in [0.4, 0.5) is 5.69 Å². The van der Waals surface area contributed by atoms with Crippen molar-refractivity contribution < 1.29 is 19.1 Å². The maximum absolute atomic E-state index is 12.6. The van der Waals surface area contributed by atoms with E-state index in [-0.39, 0.29) is 24.2 Å². The van der Waals surface area contributed by atoms with E-state index >= 15 is 0 Å². The van der Waals surface area contributed by atoms with Gasteiger partial charge in [0.25, 0.3) is 0 Å². The summed E-state index contributed by atoms with van der Waals surface area (Å²) in [6, 6.07) is 15.0. The second kappa shape index (κ2) is 7.91. The normalized spacial score (nSPS) is 16.5. The number of hydrogen-bond donors (Lipinski definition) is 1. The van der Waals surface area contributed by atoms with Gasteiger partial charge in [0.05, 0.1) is 25.8 Å². The number of likely N-dealkylation sites (tertiary alicyclic amines) is 1. The van der Waals surface area contributed by atoms with Crippen molar-refractivity contribution in [3.8, 4) is 11.5 Å². The topological polar surface area (TPSA) is 67.9 Å². The first-order valence-corrected chi connectivity index (χ1v) is 8.45. The third-order valence-corrected chi connectivity index (χ3v) is 4.47. The van der Waals surface area contributed by atoms with Gasteiger partial charge in [-0.25, -0.2) is 0 Å². The van der Waals surface area contributed by atoms with E-state index in [0.717, 1.165) is 5.56 Å². The molecule has 1 fully saturated rings. The summed E-state index contributed by atoms with van der Waals surface area (Å²) in [5.41, 5.74) is 1.59. The van der Waals surface area contributed by atoms with Gasteiger partial charge >= 0.3 is 0 Å². The summed E-state index contributed by atoms with van der Waals surface area (Å²) < 4.78 is 10.5. The fourth-order valence-electron chi connectivity index (χ4n) is 3.05. The van der Waals surface area contributed by atoms with Gasteiger partial charge in [0, 0.05) is 25.6 Å². The Balaban J connectivity index is 1.67. The van der Waals surface area contributed by atoms with E-state index in [1.165, 1.54) is 7.11 Å². The van der Waals surface area contributed by atoms with Crippen LogP contribution < -0.4 is 14.8 Å². The van der Waals surface area contributed by atoms with E-state index in [2.05, 4.69) is 5.32 Å². The summed E-state index contributed by atoms with van der Waals surface area (Å²) >= 11 is 0. The average Bonchev–Trinajstić information content (AvgIpc) is 3.03. The van der Waals surface area contributed by atoms with Crippen molar-refractivity contribution in [2.45, 2.75) is 13.0 Å². The van der Waals surface area contributed by atoms with Gasteiger partial charge in [0.15, 0.2) is 0 Å². The van der Waals surface area contributed by atoms with Gasteiger partial charge in [-0.3, -0.25) is 9.59 Å². The number of nitrogens with zero attached hydrogens (tertiary/aromatic N) is 1. The zero-order chi connectivity index (χ0) is 18.5. The van der Waals surface area contributed by atoms with Crippen LogP contribution in [-0.4, -0.2) is 37.5 Å².